The number of anilines is 1. The third-order valence-electron chi connectivity index (χ3n) is 2.89. The first-order chi connectivity index (χ1) is 9.45. The van der Waals surface area contributed by atoms with Crippen LogP contribution in [0.15, 0.2) is 23.4 Å². The van der Waals surface area contributed by atoms with Crippen molar-refractivity contribution in [2.45, 2.75) is 24.0 Å². The van der Waals surface area contributed by atoms with Gasteiger partial charge < -0.3 is 15.4 Å². The van der Waals surface area contributed by atoms with Gasteiger partial charge in [0.2, 0.25) is 0 Å². The summed E-state index contributed by atoms with van der Waals surface area (Å²) in [5.41, 5.74) is 0.433. The molecule has 1 saturated heterocycles. The molecule has 1 aromatic rings. The maximum atomic E-state index is 11.6. The molecule has 0 aliphatic carbocycles. The Morgan fingerprint density at radius 2 is 2.30 bits per heavy atom. The van der Waals surface area contributed by atoms with E-state index in [1.165, 1.54) is 18.3 Å². The molecule has 1 aliphatic rings. The number of nitrogens with one attached hydrogen (secondary N) is 2. The van der Waals surface area contributed by atoms with Crippen LogP contribution in [-0.2, 0) is 14.6 Å². The van der Waals surface area contributed by atoms with Crippen molar-refractivity contribution in [3.63, 3.8) is 0 Å². The topological polar surface area (TPSA) is 97.4 Å². The summed E-state index contributed by atoms with van der Waals surface area (Å²) in [6.45, 7) is 1.20. The lowest BCUT2D eigenvalue weighted by atomic mass is 10.2. The number of urea groups is 1. The number of hydrogen-bond donors (Lipinski definition) is 2. The Kier molecular flexibility index (Phi) is 4.56. The quantitative estimate of drug-likeness (QED) is 0.856. The number of ether oxygens (including phenoxy) is 1. The Morgan fingerprint density at radius 3 is 2.85 bits per heavy atom. The fourth-order valence-electron chi connectivity index (χ4n) is 1.86. The van der Waals surface area contributed by atoms with Crippen LogP contribution in [-0.4, -0.2) is 44.9 Å². The maximum Gasteiger partial charge on any atom is 0.319 e. The van der Waals surface area contributed by atoms with Crippen molar-refractivity contribution in [3.05, 3.63) is 18.3 Å². The van der Waals surface area contributed by atoms with Crippen molar-refractivity contribution in [1.82, 2.24) is 10.3 Å². The summed E-state index contributed by atoms with van der Waals surface area (Å²) < 4.78 is 27.9. The molecule has 1 atom stereocenters. The van der Waals surface area contributed by atoms with Crippen molar-refractivity contribution >= 4 is 21.6 Å². The average Bonchev–Trinajstić information content (AvgIpc) is 2.89. The highest BCUT2D eigenvalue weighted by atomic mass is 32.2. The molecule has 2 N–H and O–H groups in total. The van der Waals surface area contributed by atoms with Gasteiger partial charge in [-0.1, -0.05) is 0 Å². The van der Waals surface area contributed by atoms with Gasteiger partial charge >= 0.3 is 6.03 Å². The van der Waals surface area contributed by atoms with Gasteiger partial charge in [0.1, 0.15) is 0 Å². The number of pyridine rings is 1. The lowest BCUT2D eigenvalue weighted by Gasteiger charge is -2.11. The Balaban J connectivity index is 1.84. The van der Waals surface area contributed by atoms with Crippen LogP contribution in [0.5, 0.6) is 0 Å². The van der Waals surface area contributed by atoms with Crippen LogP contribution in [0.3, 0.4) is 0 Å². The summed E-state index contributed by atoms with van der Waals surface area (Å²) >= 11 is 0. The number of carbonyl (C=O) groups is 1. The molecule has 1 aliphatic heterocycles. The molecular weight excluding hydrogens is 282 g/mol. The Hall–Kier alpha value is -1.67. The first kappa shape index (κ1) is 14.7. The third-order valence-corrected chi connectivity index (χ3v) is 3.89. The summed E-state index contributed by atoms with van der Waals surface area (Å²) in [6, 6.07) is 2.48. The first-order valence-corrected chi connectivity index (χ1v) is 8.17. The number of amides is 2. The molecular formula is C12H17N3O4S. The second-order valence-electron chi connectivity index (χ2n) is 4.63. The van der Waals surface area contributed by atoms with Crippen molar-refractivity contribution in [1.29, 1.82) is 0 Å². The molecule has 20 heavy (non-hydrogen) atoms. The van der Waals surface area contributed by atoms with E-state index in [0.717, 1.165) is 25.7 Å². The molecule has 2 rings (SSSR count). The highest BCUT2D eigenvalue weighted by molar-refractivity contribution is 7.90. The van der Waals surface area contributed by atoms with Gasteiger partial charge in [0.15, 0.2) is 14.9 Å². The molecule has 2 amide bonds. The molecule has 110 valence electrons. The molecule has 0 saturated carbocycles. The number of hydrogen-bond acceptors (Lipinski definition) is 5. The molecule has 2 heterocycles. The second kappa shape index (κ2) is 6.19. The molecule has 8 heteroatoms. The first-order valence-electron chi connectivity index (χ1n) is 6.28. The van der Waals surface area contributed by atoms with Gasteiger partial charge in [-0.15, -0.1) is 0 Å². The molecule has 0 radical (unpaired) electrons. The molecule has 0 spiro atoms. The van der Waals surface area contributed by atoms with E-state index in [-0.39, 0.29) is 17.2 Å². The highest BCUT2D eigenvalue weighted by Crippen LogP contribution is 2.11. The van der Waals surface area contributed by atoms with Crippen molar-refractivity contribution < 1.29 is 17.9 Å². The van der Waals surface area contributed by atoms with Crippen molar-refractivity contribution in [2.75, 3.05) is 24.7 Å². The highest BCUT2D eigenvalue weighted by Gasteiger charge is 2.16. The molecule has 1 unspecified atom stereocenters. The smallest absolute Gasteiger partial charge is 0.319 e. The number of nitrogens with zero attached hydrogens (tertiary/aromatic N) is 1. The minimum atomic E-state index is -3.33. The number of aromatic nitrogens is 1. The standard InChI is InChI=1S/C12H17N3O4S/c1-20(17,18)11-5-4-9(7-13-11)15-12(16)14-8-10-3-2-6-19-10/h4-5,7,10H,2-3,6,8H2,1H3,(H2,14,15,16). The second-order valence-corrected chi connectivity index (χ2v) is 6.59. The van der Waals surface area contributed by atoms with E-state index in [4.69, 9.17) is 4.74 Å². The van der Waals surface area contributed by atoms with Gasteiger partial charge in [-0.25, -0.2) is 18.2 Å². The van der Waals surface area contributed by atoms with Crippen LogP contribution in [0.2, 0.25) is 0 Å². The lowest BCUT2D eigenvalue weighted by Crippen LogP contribution is -2.35. The largest absolute Gasteiger partial charge is 0.376 e. The predicted molar refractivity (Wildman–Crippen MR) is 73.3 cm³/mol. The zero-order valence-corrected chi connectivity index (χ0v) is 11.9. The minimum absolute atomic E-state index is 0.0252. The van der Waals surface area contributed by atoms with Gasteiger partial charge in [-0.05, 0) is 25.0 Å². The van der Waals surface area contributed by atoms with Gasteiger partial charge in [0.05, 0.1) is 18.0 Å². The van der Waals surface area contributed by atoms with E-state index < -0.39 is 9.84 Å². The summed E-state index contributed by atoms with van der Waals surface area (Å²) in [5.74, 6) is 0. The van der Waals surface area contributed by atoms with E-state index in [2.05, 4.69) is 15.6 Å². The molecule has 7 nitrogen and oxygen atoms in total. The van der Waals surface area contributed by atoms with Crippen LogP contribution in [0.1, 0.15) is 12.8 Å². The zero-order valence-electron chi connectivity index (χ0n) is 11.1. The normalized spacial score (nSPS) is 18.8. The van der Waals surface area contributed by atoms with Gasteiger partial charge in [0.25, 0.3) is 0 Å². The zero-order chi connectivity index (χ0) is 14.6. The van der Waals surface area contributed by atoms with Crippen LogP contribution in [0.4, 0.5) is 10.5 Å². The van der Waals surface area contributed by atoms with Gasteiger partial charge in [-0.2, -0.15) is 0 Å². The molecule has 0 aromatic carbocycles. The van der Waals surface area contributed by atoms with E-state index in [0.29, 0.717) is 12.2 Å². The molecule has 0 bridgehead atoms. The number of rotatable bonds is 4. The Labute approximate surface area is 117 Å². The van der Waals surface area contributed by atoms with Crippen molar-refractivity contribution in [3.8, 4) is 0 Å². The third kappa shape index (κ3) is 4.17. The average molecular weight is 299 g/mol. The summed E-state index contributed by atoms with van der Waals surface area (Å²) in [4.78, 5) is 15.4. The molecule has 1 fully saturated rings. The summed E-state index contributed by atoms with van der Waals surface area (Å²) in [5, 5.41) is 5.25. The van der Waals surface area contributed by atoms with Crippen LogP contribution >= 0.6 is 0 Å². The van der Waals surface area contributed by atoms with Gasteiger partial charge in [-0.3, -0.25) is 0 Å². The van der Waals surface area contributed by atoms with E-state index in [1.807, 2.05) is 0 Å². The van der Waals surface area contributed by atoms with Gasteiger partial charge in [0, 0.05) is 19.4 Å². The SMILES string of the molecule is CS(=O)(=O)c1ccc(NC(=O)NCC2CCCO2)cn1. The van der Waals surface area contributed by atoms with E-state index in [9.17, 15) is 13.2 Å². The van der Waals surface area contributed by atoms with E-state index in [1.54, 1.807) is 0 Å². The summed E-state index contributed by atoms with van der Waals surface area (Å²) in [7, 11) is -3.33. The van der Waals surface area contributed by atoms with Crippen molar-refractivity contribution in [2.24, 2.45) is 0 Å². The Bertz CT molecular complexity index is 565. The lowest BCUT2D eigenvalue weighted by molar-refractivity contribution is 0.112. The number of carbonyl (C=O) groups excluding carboxylic acids is 1. The van der Waals surface area contributed by atoms with Crippen LogP contribution in [0, 0.1) is 0 Å². The molecule has 1 aromatic heterocycles. The maximum absolute atomic E-state index is 11.6. The fourth-order valence-corrected chi connectivity index (χ4v) is 2.42. The van der Waals surface area contributed by atoms with Crippen LogP contribution < -0.4 is 10.6 Å². The Morgan fingerprint density at radius 1 is 1.50 bits per heavy atom. The minimum Gasteiger partial charge on any atom is -0.376 e. The fraction of sp³-hybridized carbons (Fsp3) is 0.500. The van der Waals surface area contributed by atoms with E-state index >= 15 is 0 Å². The predicted octanol–water partition coefficient (Wildman–Crippen LogP) is 0.786. The van der Waals surface area contributed by atoms with Crippen LogP contribution in [0.25, 0.3) is 0 Å². The monoisotopic (exact) mass is 299 g/mol. The number of sulfone groups is 1. The summed E-state index contributed by atoms with van der Waals surface area (Å²) in [6.07, 6.45) is 4.43.